The van der Waals surface area contributed by atoms with Gasteiger partial charge >= 0.3 is 0 Å². The maximum absolute atomic E-state index is 12.7. The van der Waals surface area contributed by atoms with E-state index in [0.29, 0.717) is 6.61 Å². The largest absolute Gasteiger partial charge is 0.487 e. The fourth-order valence-electron chi connectivity index (χ4n) is 3.71. The molecule has 1 amide bonds. The Balaban J connectivity index is 1.39. The minimum Gasteiger partial charge on any atom is -0.487 e. The molecule has 5 nitrogen and oxygen atoms in total. The number of carbonyl (C=O) groups excluding carboxylic acids is 1. The maximum atomic E-state index is 12.7. The van der Waals surface area contributed by atoms with E-state index in [4.69, 9.17) is 4.74 Å². The number of aryl methyl sites for hydroxylation is 1. The molecule has 7 heteroatoms. The first-order valence-corrected chi connectivity index (χ1v) is 13.1. The molecule has 3 aromatic rings. The van der Waals surface area contributed by atoms with E-state index in [1.807, 2.05) is 60.5 Å². The first-order chi connectivity index (χ1) is 16.1. The van der Waals surface area contributed by atoms with Gasteiger partial charge in [0.15, 0.2) is 0 Å². The fourth-order valence-corrected chi connectivity index (χ4v) is 5.28. The van der Waals surface area contributed by atoms with E-state index in [1.54, 1.807) is 23.5 Å². The van der Waals surface area contributed by atoms with Crippen LogP contribution in [0, 0.1) is 13.8 Å². The number of carbonyl (C=O) groups is 1. The second-order valence-corrected chi connectivity index (χ2v) is 10.3. The van der Waals surface area contributed by atoms with Crippen LogP contribution in [0.2, 0.25) is 0 Å². The first-order valence-electron chi connectivity index (χ1n) is 11.1. The van der Waals surface area contributed by atoms with Crippen molar-refractivity contribution in [3.63, 3.8) is 0 Å². The number of thiazole rings is 1. The summed E-state index contributed by atoms with van der Waals surface area (Å²) in [6.07, 6.45) is 3.35. The molecule has 1 aliphatic rings. The smallest absolute Gasteiger partial charge is 0.248 e. The predicted molar refractivity (Wildman–Crippen MR) is 139 cm³/mol. The number of amides is 1. The zero-order valence-corrected chi connectivity index (χ0v) is 20.7. The zero-order valence-electron chi connectivity index (χ0n) is 19.0. The lowest BCUT2D eigenvalue weighted by molar-refractivity contribution is -0.111. The van der Waals surface area contributed by atoms with Gasteiger partial charge in [0.2, 0.25) is 5.91 Å². The number of benzene rings is 2. The monoisotopic (exact) mass is 479 g/mol. The van der Waals surface area contributed by atoms with Gasteiger partial charge in [-0.25, -0.2) is 4.98 Å². The summed E-state index contributed by atoms with van der Waals surface area (Å²) >= 11 is 3.62. The molecule has 1 aliphatic heterocycles. The summed E-state index contributed by atoms with van der Waals surface area (Å²) in [6, 6.07) is 13.8. The van der Waals surface area contributed by atoms with Gasteiger partial charge < -0.3 is 10.1 Å². The number of ether oxygens (including phenoxy) is 1. The van der Waals surface area contributed by atoms with E-state index >= 15 is 0 Å². The molecule has 1 N–H and O–H groups in total. The topological polar surface area (TPSA) is 54.5 Å². The van der Waals surface area contributed by atoms with Crippen LogP contribution < -0.4 is 10.1 Å². The van der Waals surface area contributed by atoms with Crippen LogP contribution in [0.3, 0.4) is 0 Å². The van der Waals surface area contributed by atoms with Crippen molar-refractivity contribution in [2.75, 3.05) is 29.9 Å². The standard InChI is InChI=1S/C26H29N3O2S2/c1-19-22(16-29-12-14-32-15-13-29)7-5-8-24(19)28-26(30)11-10-21-6-3-4-9-25(21)31-17-23-18-33-20(2)27-23/h3-11,18H,12-17H2,1-2H3,(H,28,30). The van der Waals surface area contributed by atoms with Crippen molar-refractivity contribution in [3.05, 3.63) is 81.3 Å². The van der Waals surface area contributed by atoms with Crippen molar-refractivity contribution in [2.24, 2.45) is 0 Å². The highest BCUT2D eigenvalue weighted by atomic mass is 32.2. The number of rotatable bonds is 8. The van der Waals surface area contributed by atoms with Crippen molar-refractivity contribution < 1.29 is 9.53 Å². The molecule has 0 unspecified atom stereocenters. The highest BCUT2D eigenvalue weighted by molar-refractivity contribution is 7.99. The number of anilines is 1. The van der Waals surface area contributed by atoms with Crippen molar-refractivity contribution >= 4 is 40.8 Å². The van der Waals surface area contributed by atoms with Gasteiger partial charge in [-0.05, 0) is 43.2 Å². The summed E-state index contributed by atoms with van der Waals surface area (Å²) in [5.41, 5.74) is 5.01. The van der Waals surface area contributed by atoms with E-state index in [0.717, 1.165) is 52.9 Å². The third kappa shape index (κ3) is 6.69. The number of aromatic nitrogens is 1. The average molecular weight is 480 g/mol. The van der Waals surface area contributed by atoms with E-state index in [9.17, 15) is 4.79 Å². The minimum atomic E-state index is -0.158. The molecule has 1 saturated heterocycles. The Morgan fingerprint density at radius 1 is 1.15 bits per heavy atom. The van der Waals surface area contributed by atoms with Crippen molar-refractivity contribution in [3.8, 4) is 5.75 Å². The van der Waals surface area contributed by atoms with Gasteiger partial charge in [0.05, 0.1) is 10.7 Å². The van der Waals surface area contributed by atoms with Crippen LogP contribution >= 0.6 is 23.1 Å². The second kappa shape index (κ2) is 11.5. The summed E-state index contributed by atoms with van der Waals surface area (Å²) in [4.78, 5) is 19.6. The van der Waals surface area contributed by atoms with Crippen molar-refractivity contribution in [1.29, 1.82) is 0 Å². The number of hydrogen-bond donors (Lipinski definition) is 1. The molecule has 1 fully saturated rings. The number of para-hydroxylation sites is 1. The second-order valence-electron chi connectivity index (χ2n) is 7.99. The summed E-state index contributed by atoms with van der Waals surface area (Å²) in [5.74, 6) is 2.95. The highest BCUT2D eigenvalue weighted by Gasteiger charge is 2.13. The van der Waals surface area contributed by atoms with Gasteiger partial charge in [0.1, 0.15) is 12.4 Å². The van der Waals surface area contributed by atoms with Gasteiger partial charge in [-0.2, -0.15) is 11.8 Å². The quantitative estimate of drug-likeness (QED) is 0.430. The molecule has 0 radical (unpaired) electrons. The van der Waals surface area contributed by atoms with Crippen LogP contribution in [-0.4, -0.2) is 40.4 Å². The molecule has 33 heavy (non-hydrogen) atoms. The zero-order chi connectivity index (χ0) is 23.0. The van der Waals surface area contributed by atoms with Crippen molar-refractivity contribution in [2.45, 2.75) is 27.0 Å². The normalized spacial score (nSPS) is 14.5. The SMILES string of the molecule is Cc1nc(COc2ccccc2C=CC(=O)Nc2cccc(CN3CCSCC3)c2C)cs1. The molecule has 0 spiro atoms. The van der Waals surface area contributed by atoms with Gasteiger partial charge in [-0.15, -0.1) is 11.3 Å². The van der Waals surface area contributed by atoms with Crippen LogP contribution in [0.4, 0.5) is 5.69 Å². The van der Waals surface area contributed by atoms with Crippen LogP contribution in [-0.2, 0) is 17.9 Å². The highest BCUT2D eigenvalue weighted by Crippen LogP contribution is 2.23. The number of nitrogens with zero attached hydrogens (tertiary/aromatic N) is 2. The van der Waals surface area contributed by atoms with Gasteiger partial charge in [-0.1, -0.05) is 30.3 Å². The van der Waals surface area contributed by atoms with E-state index < -0.39 is 0 Å². The van der Waals surface area contributed by atoms with Crippen LogP contribution in [0.25, 0.3) is 6.08 Å². The Labute approximate surface area is 203 Å². The molecule has 4 rings (SSSR count). The first kappa shape index (κ1) is 23.5. The Bertz CT molecular complexity index is 1120. The Morgan fingerprint density at radius 3 is 2.76 bits per heavy atom. The van der Waals surface area contributed by atoms with Crippen LogP contribution in [0.1, 0.15) is 27.4 Å². The lowest BCUT2D eigenvalue weighted by atomic mass is 10.1. The summed E-state index contributed by atoms with van der Waals surface area (Å²) in [6.45, 7) is 7.63. The van der Waals surface area contributed by atoms with Gasteiger partial charge in [0.25, 0.3) is 0 Å². The number of thioether (sulfide) groups is 1. The molecule has 0 bridgehead atoms. The third-order valence-electron chi connectivity index (χ3n) is 5.58. The molecule has 0 atom stereocenters. The third-order valence-corrected chi connectivity index (χ3v) is 7.34. The molecular weight excluding hydrogens is 450 g/mol. The molecule has 1 aromatic heterocycles. The Kier molecular flexibility index (Phi) is 8.20. The van der Waals surface area contributed by atoms with Gasteiger partial charge in [-0.3, -0.25) is 9.69 Å². The summed E-state index contributed by atoms with van der Waals surface area (Å²) in [5, 5.41) is 6.06. The van der Waals surface area contributed by atoms with E-state index in [2.05, 4.69) is 28.2 Å². The Morgan fingerprint density at radius 2 is 1.97 bits per heavy atom. The molecule has 2 aromatic carbocycles. The summed E-state index contributed by atoms with van der Waals surface area (Å²) < 4.78 is 5.95. The van der Waals surface area contributed by atoms with E-state index in [1.165, 1.54) is 17.1 Å². The Hall–Kier alpha value is -2.61. The molecule has 0 aliphatic carbocycles. The van der Waals surface area contributed by atoms with E-state index in [-0.39, 0.29) is 5.91 Å². The molecule has 0 saturated carbocycles. The maximum Gasteiger partial charge on any atom is 0.248 e. The fraction of sp³-hybridized carbons (Fsp3) is 0.308. The molecular formula is C26H29N3O2S2. The van der Waals surface area contributed by atoms with Gasteiger partial charge in [0, 0.05) is 53.8 Å². The average Bonchev–Trinajstić information content (AvgIpc) is 3.25. The van der Waals surface area contributed by atoms with Crippen LogP contribution in [0.5, 0.6) is 5.75 Å². The summed E-state index contributed by atoms with van der Waals surface area (Å²) in [7, 11) is 0. The minimum absolute atomic E-state index is 0.158. The molecule has 2 heterocycles. The molecule has 172 valence electrons. The van der Waals surface area contributed by atoms with Crippen molar-refractivity contribution in [1.82, 2.24) is 9.88 Å². The number of nitrogens with one attached hydrogen (secondary N) is 1. The lowest BCUT2D eigenvalue weighted by Crippen LogP contribution is -2.32. The van der Waals surface area contributed by atoms with Crippen LogP contribution in [0.15, 0.2) is 53.9 Å². The lowest BCUT2D eigenvalue weighted by Gasteiger charge is -2.27. The number of hydrogen-bond acceptors (Lipinski definition) is 6. The predicted octanol–water partition coefficient (Wildman–Crippen LogP) is 5.54.